The standard InChI is InChI=1S/C8H4ClFN4O2/c9-7(15)14-8(16)13(11-12-14)6-4-2-1-3-5(6)10/h1-4H. The number of hydrogen-bond donors (Lipinski definition) is 0. The van der Waals surface area contributed by atoms with Crippen LogP contribution in [0.3, 0.4) is 0 Å². The molecule has 16 heavy (non-hydrogen) atoms. The fourth-order valence-electron chi connectivity index (χ4n) is 1.13. The smallest absolute Gasteiger partial charge is 0.253 e. The summed E-state index contributed by atoms with van der Waals surface area (Å²) in [5.74, 6) is -0.654. The lowest BCUT2D eigenvalue weighted by molar-refractivity contribution is 0.257. The number of halogens is 2. The van der Waals surface area contributed by atoms with Crippen molar-refractivity contribution in [2.75, 3.05) is 0 Å². The second-order valence-electron chi connectivity index (χ2n) is 2.79. The maximum absolute atomic E-state index is 13.3. The Labute approximate surface area is 92.8 Å². The molecule has 2 aromatic rings. The zero-order valence-corrected chi connectivity index (χ0v) is 8.43. The first kappa shape index (κ1) is 10.5. The van der Waals surface area contributed by atoms with Crippen LogP contribution in [0.5, 0.6) is 0 Å². The van der Waals surface area contributed by atoms with E-state index in [0.717, 1.165) is 6.07 Å². The first-order chi connectivity index (χ1) is 7.61. The molecule has 0 aliphatic carbocycles. The number of para-hydroxylation sites is 1. The van der Waals surface area contributed by atoms with Gasteiger partial charge in [0.2, 0.25) is 0 Å². The van der Waals surface area contributed by atoms with Crippen molar-refractivity contribution in [3.05, 3.63) is 40.6 Å². The van der Waals surface area contributed by atoms with Crippen molar-refractivity contribution < 1.29 is 9.18 Å². The largest absolute Gasteiger partial charge is 0.376 e. The number of rotatable bonds is 1. The summed E-state index contributed by atoms with van der Waals surface area (Å²) in [5, 5.41) is 5.44. The third kappa shape index (κ3) is 1.61. The molecular formula is C8H4ClFN4O2. The number of benzene rings is 1. The van der Waals surface area contributed by atoms with Crippen molar-refractivity contribution in [3.63, 3.8) is 0 Å². The molecule has 0 fully saturated rings. The number of carbonyl (C=O) groups is 1. The van der Waals surface area contributed by atoms with Crippen LogP contribution in [0.2, 0.25) is 0 Å². The van der Waals surface area contributed by atoms with Crippen LogP contribution in [0.25, 0.3) is 5.69 Å². The second kappa shape index (κ2) is 3.86. The summed E-state index contributed by atoms with van der Waals surface area (Å²) < 4.78 is 14.3. The Hall–Kier alpha value is -2.02. The molecule has 0 N–H and O–H groups in total. The van der Waals surface area contributed by atoms with Crippen LogP contribution in [0.4, 0.5) is 9.18 Å². The number of carbonyl (C=O) groups excluding carboxylic acids is 1. The van der Waals surface area contributed by atoms with Crippen LogP contribution in [-0.4, -0.2) is 25.2 Å². The molecule has 8 heteroatoms. The molecular weight excluding hydrogens is 239 g/mol. The molecule has 82 valence electrons. The fourth-order valence-corrected chi connectivity index (χ4v) is 1.24. The normalized spacial score (nSPS) is 10.4. The van der Waals surface area contributed by atoms with Gasteiger partial charge in [0.25, 0.3) is 0 Å². The Morgan fingerprint density at radius 3 is 2.56 bits per heavy atom. The molecule has 1 aromatic carbocycles. The molecule has 0 spiro atoms. The van der Waals surface area contributed by atoms with Gasteiger partial charge in [0.1, 0.15) is 11.5 Å². The highest BCUT2D eigenvalue weighted by atomic mass is 35.5. The molecule has 0 atom stereocenters. The van der Waals surface area contributed by atoms with Gasteiger partial charge in [0.15, 0.2) is 0 Å². The monoisotopic (exact) mass is 242 g/mol. The molecule has 1 heterocycles. The number of aromatic nitrogens is 4. The highest BCUT2D eigenvalue weighted by Crippen LogP contribution is 2.08. The summed E-state index contributed by atoms with van der Waals surface area (Å²) in [4.78, 5) is 22.2. The van der Waals surface area contributed by atoms with Crippen molar-refractivity contribution >= 4 is 17.0 Å². The van der Waals surface area contributed by atoms with Crippen molar-refractivity contribution in [3.8, 4) is 5.69 Å². The molecule has 0 bridgehead atoms. The molecule has 1 aromatic heterocycles. The van der Waals surface area contributed by atoms with Crippen LogP contribution < -0.4 is 5.69 Å². The number of nitrogens with zero attached hydrogens (tertiary/aromatic N) is 4. The van der Waals surface area contributed by atoms with Gasteiger partial charge >= 0.3 is 11.1 Å². The lowest BCUT2D eigenvalue weighted by Gasteiger charge is -1.98. The Balaban J connectivity index is 2.63. The van der Waals surface area contributed by atoms with E-state index in [9.17, 15) is 14.0 Å². The maximum atomic E-state index is 13.3. The van der Waals surface area contributed by atoms with Crippen molar-refractivity contribution in [2.45, 2.75) is 0 Å². The summed E-state index contributed by atoms with van der Waals surface area (Å²) in [6.07, 6.45) is 0. The van der Waals surface area contributed by atoms with Crippen LogP contribution in [0, 0.1) is 5.82 Å². The van der Waals surface area contributed by atoms with Gasteiger partial charge in [-0.2, -0.15) is 4.68 Å². The van der Waals surface area contributed by atoms with E-state index < -0.39 is 16.9 Å². The minimum atomic E-state index is -1.10. The van der Waals surface area contributed by atoms with E-state index in [1.807, 2.05) is 0 Å². The minimum Gasteiger partial charge on any atom is -0.253 e. The fraction of sp³-hybridized carbons (Fsp3) is 0. The van der Waals surface area contributed by atoms with E-state index in [1.54, 1.807) is 0 Å². The molecule has 0 amide bonds. The van der Waals surface area contributed by atoms with Crippen LogP contribution in [0.15, 0.2) is 29.1 Å². The lowest BCUT2D eigenvalue weighted by atomic mass is 10.3. The molecule has 0 saturated carbocycles. The first-order valence-electron chi connectivity index (χ1n) is 4.11. The maximum Gasteiger partial charge on any atom is 0.376 e. The van der Waals surface area contributed by atoms with Crippen LogP contribution in [0.1, 0.15) is 0 Å². The predicted molar refractivity (Wildman–Crippen MR) is 52.2 cm³/mol. The van der Waals surface area contributed by atoms with E-state index in [-0.39, 0.29) is 5.69 Å². The lowest BCUT2D eigenvalue weighted by Crippen LogP contribution is -2.26. The summed E-state index contributed by atoms with van der Waals surface area (Å²) in [7, 11) is 0. The van der Waals surface area contributed by atoms with Crippen LogP contribution in [-0.2, 0) is 0 Å². The average Bonchev–Trinajstić information content (AvgIpc) is 2.61. The van der Waals surface area contributed by atoms with E-state index in [2.05, 4.69) is 10.4 Å². The predicted octanol–water partition coefficient (Wildman–Crippen LogP) is 0.775. The Kier molecular flexibility index (Phi) is 2.53. The third-order valence-corrected chi connectivity index (χ3v) is 1.99. The average molecular weight is 243 g/mol. The van der Waals surface area contributed by atoms with Crippen molar-refractivity contribution in [2.24, 2.45) is 0 Å². The molecule has 0 saturated heterocycles. The van der Waals surface area contributed by atoms with Gasteiger partial charge in [-0.1, -0.05) is 12.1 Å². The molecule has 2 rings (SSSR count). The SMILES string of the molecule is O=C(Cl)n1nnn(-c2ccccc2F)c1=O. The first-order valence-corrected chi connectivity index (χ1v) is 4.49. The highest BCUT2D eigenvalue weighted by molar-refractivity contribution is 6.63. The molecule has 6 nitrogen and oxygen atoms in total. The van der Waals surface area contributed by atoms with Crippen molar-refractivity contribution in [1.29, 1.82) is 0 Å². The molecule has 0 radical (unpaired) electrons. The summed E-state index contributed by atoms with van der Waals surface area (Å²) >= 11 is 5.06. The van der Waals surface area contributed by atoms with Gasteiger partial charge in [0.05, 0.1) is 0 Å². The Bertz CT molecular complexity index is 606. The molecule has 0 unspecified atom stereocenters. The summed E-state index contributed by atoms with van der Waals surface area (Å²) in [6.45, 7) is 0. The topological polar surface area (TPSA) is 69.8 Å². The van der Waals surface area contributed by atoms with Gasteiger partial charge in [0, 0.05) is 0 Å². The zero-order chi connectivity index (χ0) is 11.7. The molecule has 0 aliphatic heterocycles. The second-order valence-corrected chi connectivity index (χ2v) is 3.11. The van der Waals surface area contributed by atoms with E-state index in [1.165, 1.54) is 18.2 Å². The van der Waals surface area contributed by atoms with E-state index in [4.69, 9.17) is 11.6 Å². The Morgan fingerprint density at radius 1 is 1.31 bits per heavy atom. The van der Waals surface area contributed by atoms with Crippen molar-refractivity contribution in [1.82, 2.24) is 19.8 Å². The van der Waals surface area contributed by atoms with E-state index in [0.29, 0.717) is 9.36 Å². The van der Waals surface area contributed by atoms with Gasteiger partial charge in [-0.05, 0) is 34.2 Å². The number of hydrogen-bond acceptors (Lipinski definition) is 4. The van der Waals surface area contributed by atoms with Gasteiger partial charge in [-0.15, -0.1) is 4.68 Å². The Morgan fingerprint density at radius 2 is 2.00 bits per heavy atom. The van der Waals surface area contributed by atoms with E-state index >= 15 is 0 Å². The zero-order valence-electron chi connectivity index (χ0n) is 7.67. The van der Waals surface area contributed by atoms with Crippen LogP contribution >= 0.6 is 11.6 Å². The minimum absolute atomic E-state index is 0.100. The van der Waals surface area contributed by atoms with Gasteiger partial charge < -0.3 is 0 Å². The summed E-state index contributed by atoms with van der Waals surface area (Å²) in [6, 6.07) is 5.46. The number of tetrazole rings is 1. The molecule has 0 aliphatic rings. The highest BCUT2D eigenvalue weighted by Gasteiger charge is 2.15. The third-order valence-electron chi connectivity index (χ3n) is 1.83. The van der Waals surface area contributed by atoms with Gasteiger partial charge in [-0.25, -0.2) is 9.18 Å². The van der Waals surface area contributed by atoms with Gasteiger partial charge in [-0.3, -0.25) is 4.79 Å². The summed E-state index contributed by atoms with van der Waals surface area (Å²) in [5.41, 5.74) is -1.03. The quantitative estimate of drug-likeness (QED) is 0.547.